The maximum absolute atomic E-state index is 6.28. The minimum atomic E-state index is 0. The Morgan fingerprint density at radius 2 is 1.88 bits per heavy atom. The number of nitrogens with zero attached hydrogens (tertiary/aromatic N) is 2. The average molecular weight is 347 g/mol. The third-order valence-corrected chi connectivity index (χ3v) is 6.00. The highest BCUT2D eigenvalue weighted by Crippen LogP contribution is 2.40. The molecule has 2 bridgehead atoms. The van der Waals surface area contributed by atoms with Crippen LogP contribution in [0.2, 0.25) is 0 Å². The number of halogens is 1. The van der Waals surface area contributed by atoms with Crippen molar-refractivity contribution in [2.45, 2.75) is 56.7 Å². The van der Waals surface area contributed by atoms with Gasteiger partial charge in [-0.1, -0.05) is 29.4 Å². The Bertz CT molecular complexity index is 731. The number of aromatic nitrogens is 1. The normalized spacial score (nSPS) is 28.0. The van der Waals surface area contributed by atoms with Crippen LogP contribution in [0.5, 0.6) is 5.95 Å². The number of benzene rings is 1. The highest BCUT2D eigenvalue weighted by molar-refractivity contribution is 5.85. The third-order valence-electron chi connectivity index (χ3n) is 6.00. The van der Waals surface area contributed by atoms with E-state index in [0.29, 0.717) is 18.0 Å². The molecule has 0 N–H and O–H groups in total. The van der Waals surface area contributed by atoms with E-state index in [1.165, 1.54) is 24.0 Å². The van der Waals surface area contributed by atoms with Crippen molar-refractivity contribution in [3.05, 3.63) is 35.4 Å². The number of piperidine rings is 1. The first-order chi connectivity index (χ1) is 11.3. The van der Waals surface area contributed by atoms with Gasteiger partial charge >= 0.3 is 5.95 Å². The lowest BCUT2D eigenvalue weighted by molar-refractivity contribution is 0.0453. The predicted octanol–water partition coefficient (Wildman–Crippen LogP) is 3.87. The van der Waals surface area contributed by atoms with Gasteiger partial charge < -0.3 is 14.2 Å². The van der Waals surface area contributed by atoms with Gasteiger partial charge in [0.2, 0.25) is 0 Å². The van der Waals surface area contributed by atoms with Gasteiger partial charge in [-0.25, -0.2) is 0 Å². The molecule has 0 amide bonds. The lowest BCUT2D eigenvalue weighted by atomic mass is 9.90. The molecule has 2 aromatic rings. The van der Waals surface area contributed by atoms with E-state index in [1.54, 1.807) is 0 Å². The van der Waals surface area contributed by atoms with Crippen LogP contribution in [0.15, 0.2) is 28.8 Å². The molecule has 2 aliphatic heterocycles. The van der Waals surface area contributed by atoms with Gasteiger partial charge in [-0.15, -0.1) is 12.4 Å². The van der Waals surface area contributed by atoms with Crippen molar-refractivity contribution in [3.63, 3.8) is 0 Å². The zero-order chi connectivity index (χ0) is 15.4. The molecule has 1 aliphatic carbocycles. The van der Waals surface area contributed by atoms with Crippen LogP contribution >= 0.6 is 12.4 Å². The fraction of sp³-hybridized carbons (Fsp3) is 0.526. The average Bonchev–Trinajstić information content (AvgIpc) is 3.05. The first-order valence-corrected chi connectivity index (χ1v) is 8.75. The standard InChI is InChI=1S/C19H22N2O2.ClH/c1-21-13-7-8-14(21)11-15(10-13)22-19-17-9-6-12-4-2-3-5-16(12)18(17)20-23-19;/h2-5,13-15H,6-11H2,1H3;1H. The fourth-order valence-corrected chi connectivity index (χ4v) is 4.66. The van der Waals surface area contributed by atoms with Crippen LogP contribution in [0.3, 0.4) is 0 Å². The van der Waals surface area contributed by atoms with Crippen LogP contribution in [0, 0.1) is 0 Å². The number of rotatable bonds is 2. The van der Waals surface area contributed by atoms with Gasteiger partial charge in [0.25, 0.3) is 0 Å². The van der Waals surface area contributed by atoms with E-state index >= 15 is 0 Å². The largest absolute Gasteiger partial charge is 0.460 e. The van der Waals surface area contributed by atoms with Crippen LogP contribution in [0.4, 0.5) is 0 Å². The first-order valence-electron chi connectivity index (χ1n) is 8.75. The summed E-state index contributed by atoms with van der Waals surface area (Å²) in [5.41, 5.74) is 4.71. The fourth-order valence-electron chi connectivity index (χ4n) is 4.66. The molecule has 24 heavy (non-hydrogen) atoms. The van der Waals surface area contributed by atoms with E-state index in [1.807, 2.05) is 0 Å². The molecule has 2 saturated heterocycles. The summed E-state index contributed by atoms with van der Waals surface area (Å²) in [6.45, 7) is 0. The molecule has 2 fully saturated rings. The number of hydrogen-bond acceptors (Lipinski definition) is 4. The molecule has 2 unspecified atom stereocenters. The minimum Gasteiger partial charge on any atom is -0.460 e. The molecule has 0 spiro atoms. The molecule has 1 aromatic heterocycles. The molecule has 0 radical (unpaired) electrons. The number of fused-ring (bicyclic) bond motifs is 5. The maximum atomic E-state index is 6.28. The highest BCUT2D eigenvalue weighted by Gasteiger charge is 2.40. The van der Waals surface area contributed by atoms with Gasteiger partial charge in [-0.3, -0.25) is 0 Å². The molecule has 3 aliphatic rings. The van der Waals surface area contributed by atoms with E-state index in [-0.39, 0.29) is 18.5 Å². The molecular weight excluding hydrogens is 324 g/mol. The second kappa shape index (κ2) is 6.08. The monoisotopic (exact) mass is 346 g/mol. The first kappa shape index (κ1) is 16.0. The molecule has 1 aromatic carbocycles. The molecule has 2 atom stereocenters. The van der Waals surface area contributed by atoms with Crippen molar-refractivity contribution in [3.8, 4) is 17.2 Å². The maximum Gasteiger partial charge on any atom is 0.315 e. The SMILES string of the molecule is CN1C2CCC1CC(Oc1onc3c1CCc1ccccc1-3)C2.Cl. The lowest BCUT2D eigenvalue weighted by Crippen LogP contribution is -2.43. The van der Waals surface area contributed by atoms with Gasteiger partial charge in [0, 0.05) is 30.5 Å². The van der Waals surface area contributed by atoms with Crippen molar-refractivity contribution in [2.75, 3.05) is 7.05 Å². The van der Waals surface area contributed by atoms with Crippen LogP contribution < -0.4 is 4.74 Å². The Hall–Kier alpha value is -1.52. The molecule has 5 rings (SSSR count). The Morgan fingerprint density at radius 1 is 1.12 bits per heavy atom. The second-order valence-corrected chi connectivity index (χ2v) is 7.22. The zero-order valence-corrected chi connectivity index (χ0v) is 14.7. The highest BCUT2D eigenvalue weighted by atomic mass is 35.5. The van der Waals surface area contributed by atoms with E-state index < -0.39 is 0 Å². The molecule has 128 valence electrons. The predicted molar refractivity (Wildman–Crippen MR) is 94.8 cm³/mol. The zero-order valence-electron chi connectivity index (χ0n) is 13.9. The van der Waals surface area contributed by atoms with E-state index in [9.17, 15) is 0 Å². The van der Waals surface area contributed by atoms with Gasteiger partial charge in [-0.2, -0.15) is 0 Å². The summed E-state index contributed by atoms with van der Waals surface area (Å²) in [7, 11) is 2.26. The Morgan fingerprint density at radius 3 is 2.67 bits per heavy atom. The smallest absolute Gasteiger partial charge is 0.315 e. The number of aryl methyl sites for hydroxylation is 1. The molecule has 4 nitrogen and oxygen atoms in total. The van der Waals surface area contributed by atoms with E-state index in [2.05, 4.69) is 41.4 Å². The van der Waals surface area contributed by atoms with Gasteiger partial charge in [0.1, 0.15) is 11.8 Å². The van der Waals surface area contributed by atoms with E-state index in [4.69, 9.17) is 9.26 Å². The summed E-state index contributed by atoms with van der Waals surface area (Å²) in [6, 6.07) is 9.84. The summed E-state index contributed by atoms with van der Waals surface area (Å²) in [4.78, 5) is 2.53. The summed E-state index contributed by atoms with van der Waals surface area (Å²) in [5, 5.41) is 4.32. The van der Waals surface area contributed by atoms with Crippen LogP contribution in [0.1, 0.15) is 36.8 Å². The number of ether oxygens (including phenoxy) is 1. The van der Waals surface area contributed by atoms with Crippen molar-refractivity contribution >= 4 is 12.4 Å². The lowest BCUT2D eigenvalue weighted by Gasteiger charge is -2.35. The summed E-state index contributed by atoms with van der Waals surface area (Å²) in [6.07, 6.45) is 7.12. The van der Waals surface area contributed by atoms with Crippen molar-refractivity contribution in [1.82, 2.24) is 10.1 Å². The number of hydrogen-bond donors (Lipinski definition) is 0. The van der Waals surface area contributed by atoms with Crippen molar-refractivity contribution in [1.29, 1.82) is 0 Å². The van der Waals surface area contributed by atoms with Gasteiger partial charge in [0.05, 0.1) is 5.56 Å². The van der Waals surface area contributed by atoms with E-state index in [0.717, 1.165) is 36.9 Å². The third kappa shape index (κ3) is 2.44. The summed E-state index contributed by atoms with van der Waals surface area (Å²) < 4.78 is 11.9. The Kier molecular flexibility index (Phi) is 4.05. The van der Waals surface area contributed by atoms with Gasteiger partial charge in [0.15, 0.2) is 0 Å². The second-order valence-electron chi connectivity index (χ2n) is 7.22. The molecule has 3 heterocycles. The Balaban J connectivity index is 0.00000146. The summed E-state index contributed by atoms with van der Waals surface area (Å²) >= 11 is 0. The quantitative estimate of drug-likeness (QED) is 0.827. The van der Waals surface area contributed by atoms with Crippen LogP contribution in [-0.4, -0.2) is 35.3 Å². The van der Waals surface area contributed by atoms with Gasteiger partial charge in [-0.05, 0) is 38.3 Å². The molecular formula is C19H23ClN2O2. The molecule has 0 saturated carbocycles. The Labute approximate surface area is 148 Å². The summed E-state index contributed by atoms with van der Waals surface area (Å²) in [5.74, 6) is 0.670. The topological polar surface area (TPSA) is 38.5 Å². The minimum absolute atomic E-state index is 0. The van der Waals surface area contributed by atoms with Crippen LogP contribution in [-0.2, 0) is 12.8 Å². The molecule has 5 heteroatoms. The van der Waals surface area contributed by atoms with Crippen molar-refractivity contribution in [2.24, 2.45) is 0 Å². The van der Waals surface area contributed by atoms with Crippen LogP contribution in [0.25, 0.3) is 11.3 Å². The van der Waals surface area contributed by atoms with Crippen molar-refractivity contribution < 1.29 is 9.26 Å².